The quantitative estimate of drug-likeness (QED) is 0.778. The standard InChI is InChI=1S/C8H11N3O4S2/c1-16(13,14)6-2-4-7(5-3-6)17(10,15)11-8(9)12/h2-5H,1H3,(H4,9,10,11,12,15). The third-order valence-corrected chi connectivity index (χ3v) is 4.34. The predicted octanol–water partition coefficient (Wildman–Crippen LogP) is -0.131. The van der Waals surface area contributed by atoms with E-state index >= 15 is 0 Å². The van der Waals surface area contributed by atoms with E-state index in [0.29, 0.717) is 0 Å². The van der Waals surface area contributed by atoms with Crippen molar-refractivity contribution in [3.8, 4) is 0 Å². The minimum Gasteiger partial charge on any atom is -0.349 e. The minimum absolute atomic E-state index is 0.0312. The van der Waals surface area contributed by atoms with Crippen LogP contribution in [-0.2, 0) is 19.8 Å². The van der Waals surface area contributed by atoms with Gasteiger partial charge in [-0.15, -0.1) is 4.36 Å². The Morgan fingerprint density at radius 1 is 1.12 bits per heavy atom. The number of hydrogen-bond acceptors (Lipinski definition) is 4. The number of carbonyl (C=O) groups is 1. The van der Waals surface area contributed by atoms with Crippen molar-refractivity contribution in [2.75, 3.05) is 6.26 Å². The third kappa shape index (κ3) is 3.51. The van der Waals surface area contributed by atoms with E-state index < -0.39 is 25.8 Å². The Hall–Kier alpha value is -1.45. The molecule has 2 amide bonds. The molecule has 0 aliphatic rings. The highest BCUT2D eigenvalue weighted by Gasteiger charge is 2.11. The minimum atomic E-state index is -3.42. The van der Waals surface area contributed by atoms with E-state index in [1.807, 2.05) is 0 Å². The maximum Gasteiger partial charge on any atom is 0.347 e. The van der Waals surface area contributed by atoms with E-state index in [2.05, 4.69) is 4.36 Å². The molecule has 0 saturated heterocycles. The molecular weight excluding hydrogens is 266 g/mol. The Morgan fingerprint density at radius 2 is 1.53 bits per heavy atom. The lowest BCUT2D eigenvalue weighted by Gasteiger charge is -2.04. The average molecular weight is 277 g/mol. The van der Waals surface area contributed by atoms with Crippen molar-refractivity contribution in [2.24, 2.45) is 15.2 Å². The topological polar surface area (TPSA) is 133 Å². The number of benzene rings is 1. The van der Waals surface area contributed by atoms with Crippen molar-refractivity contribution in [2.45, 2.75) is 9.79 Å². The zero-order valence-corrected chi connectivity index (χ0v) is 10.5. The van der Waals surface area contributed by atoms with Crippen LogP contribution in [0.4, 0.5) is 4.79 Å². The fourth-order valence-electron chi connectivity index (χ4n) is 1.07. The van der Waals surface area contributed by atoms with Gasteiger partial charge >= 0.3 is 6.03 Å². The summed E-state index contributed by atoms with van der Waals surface area (Å²) >= 11 is 0. The first-order chi connectivity index (χ1) is 7.63. The highest BCUT2D eigenvalue weighted by molar-refractivity contribution is 7.92. The van der Waals surface area contributed by atoms with Crippen LogP contribution in [0.25, 0.3) is 0 Å². The maximum absolute atomic E-state index is 11.7. The second kappa shape index (κ2) is 4.43. The van der Waals surface area contributed by atoms with Crippen molar-refractivity contribution in [1.29, 1.82) is 0 Å². The molecule has 0 bridgehead atoms. The van der Waals surface area contributed by atoms with Gasteiger partial charge in [0.05, 0.1) is 9.79 Å². The molecule has 94 valence electrons. The summed E-state index contributed by atoms with van der Waals surface area (Å²) in [6.07, 6.45) is 1.04. The Bertz CT molecular complexity index is 655. The smallest absolute Gasteiger partial charge is 0.347 e. The fourth-order valence-corrected chi connectivity index (χ4v) is 2.60. The first-order valence-corrected chi connectivity index (χ1v) is 7.74. The van der Waals surface area contributed by atoms with Crippen LogP contribution in [0.15, 0.2) is 38.4 Å². The third-order valence-electron chi connectivity index (χ3n) is 1.82. The largest absolute Gasteiger partial charge is 0.349 e. The van der Waals surface area contributed by atoms with E-state index in [-0.39, 0.29) is 9.79 Å². The number of primary amides is 1. The molecule has 0 spiro atoms. The molecule has 7 nitrogen and oxygen atoms in total. The van der Waals surface area contributed by atoms with Gasteiger partial charge in [-0.05, 0) is 24.3 Å². The van der Waals surface area contributed by atoms with Crippen LogP contribution in [0.1, 0.15) is 0 Å². The van der Waals surface area contributed by atoms with Crippen LogP contribution in [0.2, 0.25) is 0 Å². The van der Waals surface area contributed by atoms with Crippen LogP contribution < -0.4 is 10.9 Å². The molecule has 0 aliphatic carbocycles. The summed E-state index contributed by atoms with van der Waals surface area (Å²) in [5.74, 6) is 0. The number of urea groups is 1. The monoisotopic (exact) mass is 277 g/mol. The van der Waals surface area contributed by atoms with E-state index in [1.54, 1.807) is 0 Å². The number of amides is 2. The second-order valence-corrected chi connectivity index (χ2v) is 7.05. The van der Waals surface area contributed by atoms with Crippen LogP contribution in [0.3, 0.4) is 0 Å². The number of nitrogens with zero attached hydrogens (tertiary/aromatic N) is 1. The first-order valence-electron chi connectivity index (χ1n) is 4.27. The molecule has 1 rings (SSSR count). The molecule has 1 unspecified atom stereocenters. The highest BCUT2D eigenvalue weighted by atomic mass is 32.2. The molecule has 0 aromatic heterocycles. The number of hydrogen-bond donors (Lipinski definition) is 2. The molecule has 0 heterocycles. The van der Waals surface area contributed by atoms with E-state index in [4.69, 9.17) is 10.9 Å². The van der Waals surface area contributed by atoms with Gasteiger partial charge in [0.2, 0.25) is 0 Å². The van der Waals surface area contributed by atoms with Crippen LogP contribution in [0.5, 0.6) is 0 Å². The summed E-state index contributed by atoms with van der Waals surface area (Å²) < 4.78 is 37.1. The molecule has 1 aromatic carbocycles. The Morgan fingerprint density at radius 3 is 1.88 bits per heavy atom. The lowest BCUT2D eigenvalue weighted by atomic mass is 10.4. The molecule has 0 radical (unpaired) electrons. The molecule has 0 fully saturated rings. The summed E-state index contributed by atoms with van der Waals surface area (Å²) in [4.78, 5) is 10.6. The van der Waals surface area contributed by atoms with Crippen molar-refractivity contribution >= 4 is 25.8 Å². The van der Waals surface area contributed by atoms with Gasteiger partial charge in [-0.1, -0.05) is 0 Å². The number of carbonyl (C=O) groups excluding carboxylic acids is 1. The van der Waals surface area contributed by atoms with Crippen LogP contribution >= 0.6 is 0 Å². The van der Waals surface area contributed by atoms with E-state index in [0.717, 1.165) is 6.26 Å². The van der Waals surface area contributed by atoms with Crippen molar-refractivity contribution in [3.63, 3.8) is 0 Å². The summed E-state index contributed by atoms with van der Waals surface area (Å²) in [6.45, 7) is 0. The molecule has 0 saturated carbocycles. The van der Waals surface area contributed by atoms with Gasteiger partial charge in [0.15, 0.2) is 9.84 Å². The lowest BCUT2D eigenvalue weighted by molar-refractivity contribution is 0.257. The number of sulfone groups is 1. The lowest BCUT2D eigenvalue weighted by Crippen LogP contribution is -2.17. The Balaban J connectivity index is 3.30. The van der Waals surface area contributed by atoms with Gasteiger partial charge in [0.25, 0.3) is 0 Å². The second-order valence-electron chi connectivity index (χ2n) is 3.24. The Labute approximate surface area is 99.0 Å². The zero-order valence-electron chi connectivity index (χ0n) is 8.86. The van der Waals surface area contributed by atoms with Gasteiger partial charge < -0.3 is 5.73 Å². The van der Waals surface area contributed by atoms with Crippen molar-refractivity contribution < 1.29 is 17.4 Å². The van der Waals surface area contributed by atoms with E-state index in [9.17, 15) is 17.4 Å². The molecular formula is C8H11N3O4S2. The maximum atomic E-state index is 11.7. The van der Waals surface area contributed by atoms with Gasteiger partial charge in [0.1, 0.15) is 9.92 Å². The van der Waals surface area contributed by atoms with Crippen LogP contribution in [0, 0.1) is 0 Å². The zero-order chi connectivity index (χ0) is 13.3. The van der Waals surface area contributed by atoms with Crippen molar-refractivity contribution in [1.82, 2.24) is 0 Å². The summed E-state index contributed by atoms with van der Waals surface area (Å²) in [7, 11) is -6.76. The van der Waals surface area contributed by atoms with Gasteiger partial charge in [-0.2, -0.15) is 0 Å². The average Bonchev–Trinajstić information content (AvgIpc) is 2.14. The molecule has 1 aromatic rings. The summed E-state index contributed by atoms with van der Waals surface area (Å²) in [5.41, 5.74) is 4.75. The first kappa shape index (κ1) is 13.6. The van der Waals surface area contributed by atoms with Gasteiger partial charge in [-0.3, -0.25) is 0 Å². The summed E-state index contributed by atoms with van der Waals surface area (Å²) in [5, 5.41) is 5.31. The van der Waals surface area contributed by atoms with Gasteiger partial charge in [0, 0.05) is 6.26 Å². The molecule has 4 N–H and O–H groups in total. The SMILES string of the molecule is CS(=O)(=O)c1ccc(S(N)(=O)=NC(N)=O)cc1. The molecule has 17 heavy (non-hydrogen) atoms. The van der Waals surface area contributed by atoms with Crippen molar-refractivity contribution in [3.05, 3.63) is 24.3 Å². The fraction of sp³-hybridized carbons (Fsp3) is 0.125. The van der Waals surface area contributed by atoms with Crippen LogP contribution in [-0.4, -0.2) is 24.9 Å². The summed E-state index contributed by atoms with van der Waals surface area (Å²) in [6, 6.07) is 3.77. The molecule has 1 atom stereocenters. The molecule has 0 aliphatic heterocycles. The highest BCUT2D eigenvalue weighted by Crippen LogP contribution is 2.14. The van der Waals surface area contributed by atoms with Gasteiger partial charge in [-0.25, -0.2) is 22.6 Å². The van der Waals surface area contributed by atoms with E-state index in [1.165, 1.54) is 24.3 Å². The molecule has 9 heteroatoms. The number of nitrogens with two attached hydrogens (primary N) is 2. The normalized spacial score (nSPS) is 14.9. The Kier molecular flexibility index (Phi) is 3.55. The predicted molar refractivity (Wildman–Crippen MR) is 62.2 cm³/mol. The number of rotatable bonds is 2.